The summed E-state index contributed by atoms with van der Waals surface area (Å²) in [6.45, 7) is 3.56. The number of nitrogens with one attached hydrogen (secondary N) is 1. The van der Waals surface area contributed by atoms with E-state index in [9.17, 15) is 18.5 Å². The quantitative estimate of drug-likeness (QED) is 0.414. The Morgan fingerprint density at radius 1 is 1.37 bits per heavy atom. The first-order valence-electron chi connectivity index (χ1n) is 7.89. The Morgan fingerprint density at radius 2 is 2.04 bits per heavy atom. The van der Waals surface area contributed by atoms with E-state index in [1.165, 1.54) is 6.08 Å². The Labute approximate surface area is 166 Å². The predicted octanol–water partition coefficient (Wildman–Crippen LogP) is 3.24. The van der Waals surface area contributed by atoms with Crippen LogP contribution in [0.3, 0.4) is 0 Å². The molecule has 0 fully saturated rings. The summed E-state index contributed by atoms with van der Waals surface area (Å²) in [5, 5.41) is 11.4. The van der Waals surface area contributed by atoms with E-state index >= 15 is 0 Å². The Morgan fingerprint density at radius 3 is 2.59 bits per heavy atom. The van der Waals surface area contributed by atoms with Gasteiger partial charge < -0.3 is 0 Å². The molecule has 1 aromatic heterocycles. The molecule has 0 saturated carbocycles. The fraction of sp³-hybridized carbons (Fsp3) is 0.294. The summed E-state index contributed by atoms with van der Waals surface area (Å²) in [5.41, 5.74) is 0.589. The van der Waals surface area contributed by atoms with E-state index in [-0.39, 0.29) is 27.5 Å². The lowest BCUT2D eigenvalue weighted by Crippen LogP contribution is -2.15. The van der Waals surface area contributed by atoms with Gasteiger partial charge in [0.25, 0.3) is 11.1 Å². The molecule has 10 heteroatoms. The van der Waals surface area contributed by atoms with Gasteiger partial charge in [0, 0.05) is 16.4 Å². The van der Waals surface area contributed by atoms with Crippen molar-refractivity contribution in [1.29, 1.82) is 5.26 Å². The Kier molecular flexibility index (Phi) is 7.12. The van der Waals surface area contributed by atoms with Gasteiger partial charge in [0.05, 0.1) is 5.75 Å². The molecular formula is C17H18N4O3S3. The highest BCUT2D eigenvalue weighted by molar-refractivity contribution is 7.98. The highest BCUT2D eigenvalue weighted by Gasteiger charge is 2.23. The van der Waals surface area contributed by atoms with Crippen LogP contribution in [-0.4, -0.2) is 35.7 Å². The minimum absolute atomic E-state index is 0.0289. The minimum atomic E-state index is -3.60. The van der Waals surface area contributed by atoms with Gasteiger partial charge in [0.15, 0.2) is 0 Å². The van der Waals surface area contributed by atoms with Crippen LogP contribution in [0.5, 0.6) is 0 Å². The van der Waals surface area contributed by atoms with Crippen LogP contribution in [0.2, 0.25) is 0 Å². The molecule has 2 aromatic rings. The molecule has 0 unspecified atom stereocenters. The Hall–Kier alpha value is -2.22. The molecule has 0 aliphatic rings. The zero-order valence-electron chi connectivity index (χ0n) is 15.0. The average Bonchev–Trinajstić information content (AvgIpc) is 3.08. The molecular weight excluding hydrogens is 404 g/mol. The van der Waals surface area contributed by atoms with Crippen LogP contribution in [0, 0.1) is 17.2 Å². The number of thioether (sulfide) groups is 1. The van der Waals surface area contributed by atoms with Crippen molar-refractivity contribution in [2.75, 3.05) is 17.3 Å². The summed E-state index contributed by atoms with van der Waals surface area (Å²) in [5.74, 6) is -0.815. The molecule has 0 aliphatic heterocycles. The molecule has 0 bridgehead atoms. The number of sulfone groups is 1. The van der Waals surface area contributed by atoms with Gasteiger partial charge in [-0.15, -0.1) is 11.8 Å². The SMILES string of the molecule is CSc1ccc(/C=C(/C#N)C(=O)Nc2nc(S(=O)(=O)CC(C)C)ns2)cc1. The van der Waals surface area contributed by atoms with E-state index in [4.69, 9.17) is 0 Å². The number of hydrogen-bond donors (Lipinski definition) is 1. The van der Waals surface area contributed by atoms with Crippen LogP contribution in [0.1, 0.15) is 19.4 Å². The number of carbonyl (C=O) groups is 1. The van der Waals surface area contributed by atoms with Gasteiger partial charge in [-0.05, 0) is 35.9 Å². The number of nitriles is 1. The highest BCUT2D eigenvalue weighted by Crippen LogP contribution is 2.19. The Bertz CT molecular complexity index is 987. The van der Waals surface area contributed by atoms with Gasteiger partial charge in [0.2, 0.25) is 15.0 Å². The molecule has 1 aromatic carbocycles. The van der Waals surface area contributed by atoms with Gasteiger partial charge >= 0.3 is 0 Å². The second-order valence-corrected chi connectivity index (χ2v) is 9.51. The standard InChI is InChI=1S/C17H18N4O3S3/c1-11(2)10-27(23,24)17-20-16(26-21-17)19-15(22)13(9-18)8-12-4-6-14(25-3)7-5-12/h4-8,11H,10H2,1-3H3,(H,19,20,21,22)/b13-8-. The second kappa shape index (κ2) is 9.12. The topological polar surface area (TPSA) is 113 Å². The number of hydrogen-bond acceptors (Lipinski definition) is 8. The maximum Gasteiger partial charge on any atom is 0.268 e. The second-order valence-electron chi connectivity index (χ2n) is 5.95. The molecule has 0 aliphatic carbocycles. The molecule has 0 saturated heterocycles. The summed E-state index contributed by atoms with van der Waals surface area (Å²) in [4.78, 5) is 17.2. The zero-order chi connectivity index (χ0) is 20.0. The molecule has 2 rings (SSSR count). The van der Waals surface area contributed by atoms with Crippen LogP contribution in [0.15, 0.2) is 39.9 Å². The third kappa shape index (κ3) is 5.89. The highest BCUT2D eigenvalue weighted by atomic mass is 32.2. The summed E-state index contributed by atoms with van der Waals surface area (Å²) in [6, 6.07) is 9.23. The van der Waals surface area contributed by atoms with Crippen LogP contribution in [0.25, 0.3) is 6.08 Å². The molecule has 1 heterocycles. The van der Waals surface area contributed by atoms with Gasteiger partial charge in [-0.3, -0.25) is 10.1 Å². The lowest BCUT2D eigenvalue weighted by molar-refractivity contribution is -0.112. The maximum atomic E-state index is 12.3. The van der Waals surface area contributed by atoms with Crippen molar-refractivity contribution in [3.63, 3.8) is 0 Å². The first kappa shape index (κ1) is 21.1. The van der Waals surface area contributed by atoms with E-state index in [2.05, 4.69) is 14.7 Å². The van der Waals surface area contributed by atoms with E-state index < -0.39 is 15.7 Å². The Balaban J connectivity index is 2.15. The van der Waals surface area contributed by atoms with Crippen molar-refractivity contribution in [3.8, 4) is 6.07 Å². The van der Waals surface area contributed by atoms with Crippen LogP contribution >= 0.6 is 23.3 Å². The van der Waals surface area contributed by atoms with E-state index in [1.807, 2.05) is 24.5 Å². The molecule has 1 amide bonds. The van der Waals surface area contributed by atoms with Crippen LogP contribution in [-0.2, 0) is 14.6 Å². The molecule has 27 heavy (non-hydrogen) atoms. The first-order valence-corrected chi connectivity index (χ1v) is 11.5. The average molecular weight is 423 g/mol. The summed E-state index contributed by atoms with van der Waals surface area (Å²) in [7, 11) is -3.60. The monoisotopic (exact) mass is 422 g/mol. The number of amides is 1. The number of anilines is 1. The van der Waals surface area contributed by atoms with E-state index in [1.54, 1.807) is 37.7 Å². The van der Waals surface area contributed by atoms with Crippen molar-refractivity contribution < 1.29 is 13.2 Å². The number of carbonyl (C=O) groups excluding carboxylic acids is 1. The lowest BCUT2D eigenvalue weighted by Gasteiger charge is -2.02. The summed E-state index contributed by atoms with van der Waals surface area (Å²) in [6.07, 6.45) is 3.41. The summed E-state index contributed by atoms with van der Waals surface area (Å²) < 4.78 is 28.1. The molecule has 0 atom stereocenters. The van der Waals surface area contributed by atoms with Crippen LogP contribution in [0.4, 0.5) is 5.13 Å². The number of aromatic nitrogens is 2. The zero-order valence-corrected chi connectivity index (χ0v) is 17.4. The largest absolute Gasteiger partial charge is 0.296 e. The van der Waals surface area contributed by atoms with Gasteiger partial charge in [-0.25, -0.2) is 8.42 Å². The molecule has 1 N–H and O–H groups in total. The van der Waals surface area contributed by atoms with Crippen molar-refractivity contribution in [1.82, 2.24) is 9.36 Å². The molecule has 7 nitrogen and oxygen atoms in total. The predicted molar refractivity (Wildman–Crippen MR) is 107 cm³/mol. The normalized spacial score (nSPS) is 12.0. The molecule has 142 valence electrons. The molecule has 0 spiro atoms. The van der Waals surface area contributed by atoms with Crippen molar-refractivity contribution in [2.45, 2.75) is 23.9 Å². The van der Waals surface area contributed by atoms with Gasteiger partial charge in [-0.1, -0.05) is 26.0 Å². The van der Waals surface area contributed by atoms with Gasteiger partial charge in [-0.2, -0.15) is 14.6 Å². The summed E-state index contributed by atoms with van der Waals surface area (Å²) >= 11 is 2.35. The van der Waals surface area contributed by atoms with Crippen molar-refractivity contribution >= 4 is 50.2 Å². The van der Waals surface area contributed by atoms with Crippen molar-refractivity contribution in [2.24, 2.45) is 5.92 Å². The number of rotatable bonds is 7. The third-order valence-corrected chi connectivity index (χ3v) is 6.58. The fourth-order valence-electron chi connectivity index (χ4n) is 2.08. The third-order valence-electron chi connectivity index (χ3n) is 3.25. The fourth-order valence-corrected chi connectivity index (χ4v) is 4.84. The minimum Gasteiger partial charge on any atom is -0.296 e. The smallest absolute Gasteiger partial charge is 0.268 e. The first-order chi connectivity index (χ1) is 12.7. The van der Waals surface area contributed by atoms with Crippen LogP contribution < -0.4 is 5.32 Å². The number of benzene rings is 1. The van der Waals surface area contributed by atoms with E-state index in [0.717, 1.165) is 16.4 Å². The molecule has 0 radical (unpaired) electrons. The van der Waals surface area contributed by atoms with E-state index in [0.29, 0.717) is 5.56 Å². The van der Waals surface area contributed by atoms with Crippen molar-refractivity contribution in [3.05, 3.63) is 35.4 Å². The lowest BCUT2D eigenvalue weighted by atomic mass is 10.1. The van der Waals surface area contributed by atoms with Gasteiger partial charge in [0.1, 0.15) is 11.6 Å². The maximum absolute atomic E-state index is 12.3. The number of nitrogens with zero attached hydrogens (tertiary/aromatic N) is 3.